The number of carboxylic acids is 1. The molecule has 0 aliphatic heterocycles. The highest BCUT2D eigenvalue weighted by Gasteiger charge is 2.35. The predicted molar refractivity (Wildman–Crippen MR) is 54.5 cm³/mol. The number of nitrogens with zero attached hydrogens (tertiary/aromatic N) is 1. The second-order valence-electron chi connectivity index (χ2n) is 4.04. The van der Waals surface area contributed by atoms with Crippen LogP contribution in [0.15, 0.2) is 10.6 Å². The molecule has 0 saturated carbocycles. The minimum Gasteiger partial charge on any atom is -0.480 e. The van der Waals surface area contributed by atoms with E-state index in [0.29, 0.717) is 11.5 Å². The van der Waals surface area contributed by atoms with E-state index in [9.17, 15) is 9.59 Å². The van der Waals surface area contributed by atoms with Crippen molar-refractivity contribution in [3.63, 3.8) is 0 Å². The molecule has 0 atom stereocenters. The molecule has 16 heavy (non-hydrogen) atoms. The van der Waals surface area contributed by atoms with Crippen LogP contribution in [0.5, 0.6) is 0 Å². The summed E-state index contributed by atoms with van der Waals surface area (Å²) in [4.78, 5) is 22.3. The first-order chi connectivity index (χ1) is 7.34. The van der Waals surface area contributed by atoms with Crippen LogP contribution in [-0.2, 0) is 16.1 Å². The summed E-state index contributed by atoms with van der Waals surface area (Å²) in [5, 5.41) is 15.0. The normalized spacial score (nSPS) is 11.2. The Balaban J connectivity index is 2.56. The average molecular weight is 226 g/mol. The third-order valence-electron chi connectivity index (χ3n) is 2.21. The molecule has 1 amide bonds. The maximum Gasteiger partial charge on any atom is 0.318 e. The molecule has 1 aromatic rings. The highest BCUT2D eigenvalue weighted by molar-refractivity contribution is 6.00. The van der Waals surface area contributed by atoms with Crippen molar-refractivity contribution in [3.05, 3.63) is 17.5 Å². The van der Waals surface area contributed by atoms with Crippen LogP contribution < -0.4 is 5.32 Å². The van der Waals surface area contributed by atoms with E-state index < -0.39 is 17.3 Å². The van der Waals surface area contributed by atoms with Gasteiger partial charge in [0.15, 0.2) is 0 Å². The van der Waals surface area contributed by atoms with E-state index in [4.69, 9.17) is 9.63 Å². The SMILES string of the molecule is Cc1cc(CNC(=O)C(C)(C)C(=O)O)no1. The van der Waals surface area contributed by atoms with Gasteiger partial charge in [-0.25, -0.2) is 0 Å². The van der Waals surface area contributed by atoms with Gasteiger partial charge < -0.3 is 14.9 Å². The van der Waals surface area contributed by atoms with Crippen LogP contribution in [0.3, 0.4) is 0 Å². The van der Waals surface area contributed by atoms with Gasteiger partial charge >= 0.3 is 5.97 Å². The van der Waals surface area contributed by atoms with Gasteiger partial charge in [0.05, 0.1) is 6.54 Å². The Labute approximate surface area is 92.6 Å². The molecule has 1 aromatic heterocycles. The van der Waals surface area contributed by atoms with Crippen molar-refractivity contribution < 1.29 is 19.2 Å². The Morgan fingerprint density at radius 2 is 2.19 bits per heavy atom. The largest absolute Gasteiger partial charge is 0.480 e. The summed E-state index contributed by atoms with van der Waals surface area (Å²) in [6, 6.07) is 1.67. The average Bonchev–Trinajstić information content (AvgIpc) is 2.60. The number of rotatable bonds is 4. The van der Waals surface area contributed by atoms with E-state index in [1.54, 1.807) is 13.0 Å². The summed E-state index contributed by atoms with van der Waals surface area (Å²) < 4.78 is 4.81. The topological polar surface area (TPSA) is 92.4 Å². The smallest absolute Gasteiger partial charge is 0.318 e. The number of aromatic nitrogens is 1. The van der Waals surface area contributed by atoms with Gasteiger partial charge in [-0.15, -0.1) is 0 Å². The number of carbonyl (C=O) groups is 2. The zero-order valence-corrected chi connectivity index (χ0v) is 9.40. The van der Waals surface area contributed by atoms with Crippen LogP contribution in [0.4, 0.5) is 0 Å². The molecule has 88 valence electrons. The van der Waals surface area contributed by atoms with Crippen LogP contribution >= 0.6 is 0 Å². The highest BCUT2D eigenvalue weighted by Crippen LogP contribution is 2.15. The lowest BCUT2D eigenvalue weighted by molar-refractivity contribution is -0.153. The molecule has 6 nitrogen and oxygen atoms in total. The molecule has 1 rings (SSSR count). The number of nitrogens with one attached hydrogen (secondary N) is 1. The van der Waals surface area contributed by atoms with Crippen LogP contribution in [0.1, 0.15) is 25.3 Å². The molecular formula is C10H14N2O4. The molecule has 0 bridgehead atoms. The fourth-order valence-electron chi connectivity index (χ4n) is 0.990. The lowest BCUT2D eigenvalue weighted by Crippen LogP contribution is -2.42. The van der Waals surface area contributed by atoms with Crippen molar-refractivity contribution in [2.24, 2.45) is 5.41 Å². The van der Waals surface area contributed by atoms with Gasteiger partial charge in [0, 0.05) is 6.07 Å². The number of carbonyl (C=O) groups excluding carboxylic acids is 1. The zero-order chi connectivity index (χ0) is 12.3. The lowest BCUT2D eigenvalue weighted by atomic mass is 9.93. The number of hydrogen-bond donors (Lipinski definition) is 2. The number of hydrogen-bond acceptors (Lipinski definition) is 4. The Bertz CT molecular complexity index is 409. The van der Waals surface area contributed by atoms with E-state index in [0.717, 1.165) is 0 Å². The van der Waals surface area contributed by atoms with Gasteiger partial charge in [-0.1, -0.05) is 5.16 Å². The van der Waals surface area contributed by atoms with Crippen molar-refractivity contribution in [2.75, 3.05) is 0 Å². The minimum atomic E-state index is -1.45. The van der Waals surface area contributed by atoms with Crippen molar-refractivity contribution in [1.29, 1.82) is 0 Å². The van der Waals surface area contributed by atoms with Gasteiger partial charge in [-0.05, 0) is 20.8 Å². The van der Waals surface area contributed by atoms with Gasteiger partial charge in [-0.2, -0.15) is 0 Å². The molecular weight excluding hydrogens is 212 g/mol. The van der Waals surface area contributed by atoms with Crippen molar-refractivity contribution in [3.8, 4) is 0 Å². The van der Waals surface area contributed by atoms with Crippen LogP contribution in [0, 0.1) is 12.3 Å². The maximum atomic E-state index is 11.5. The molecule has 0 aliphatic carbocycles. The fourth-order valence-corrected chi connectivity index (χ4v) is 0.990. The molecule has 0 spiro atoms. The molecule has 0 fully saturated rings. The Kier molecular flexibility index (Phi) is 3.31. The first kappa shape index (κ1) is 12.2. The summed E-state index contributed by atoms with van der Waals surface area (Å²) >= 11 is 0. The number of carboxylic acid groups (broad SMARTS) is 1. The molecule has 0 saturated heterocycles. The summed E-state index contributed by atoms with van der Waals surface area (Å²) in [5.41, 5.74) is -0.884. The Hall–Kier alpha value is -1.85. The Morgan fingerprint density at radius 1 is 1.56 bits per heavy atom. The standard InChI is InChI=1S/C10H14N2O4/c1-6-4-7(12-16-6)5-11-8(13)10(2,3)9(14)15/h4H,5H2,1-3H3,(H,11,13)(H,14,15). The predicted octanol–water partition coefficient (Wildman–Crippen LogP) is 0.710. The number of aryl methyl sites for hydroxylation is 1. The van der Waals surface area contributed by atoms with Gasteiger partial charge in [0.25, 0.3) is 0 Å². The fraction of sp³-hybridized carbons (Fsp3) is 0.500. The summed E-state index contributed by atoms with van der Waals surface area (Å²) in [5.74, 6) is -1.08. The van der Waals surface area contributed by atoms with Crippen LogP contribution in [-0.4, -0.2) is 22.1 Å². The van der Waals surface area contributed by atoms with Gasteiger partial charge in [0.2, 0.25) is 5.91 Å². The Morgan fingerprint density at radius 3 is 2.62 bits per heavy atom. The third kappa shape index (κ3) is 2.59. The molecule has 0 aromatic carbocycles. The first-order valence-electron chi connectivity index (χ1n) is 4.78. The summed E-state index contributed by atoms with van der Waals surface area (Å²) in [7, 11) is 0. The van der Waals surface area contributed by atoms with E-state index in [2.05, 4.69) is 10.5 Å². The van der Waals surface area contributed by atoms with Crippen molar-refractivity contribution in [2.45, 2.75) is 27.3 Å². The van der Waals surface area contributed by atoms with Crippen LogP contribution in [0.2, 0.25) is 0 Å². The molecule has 2 N–H and O–H groups in total. The molecule has 0 aliphatic rings. The second kappa shape index (κ2) is 4.34. The van der Waals surface area contributed by atoms with E-state index in [1.807, 2.05) is 0 Å². The molecule has 0 unspecified atom stereocenters. The van der Waals surface area contributed by atoms with E-state index >= 15 is 0 Å². The second-order valence-corrected chi connectivity index (χ2v) is 4.04. The molecule has 0 radical (unpaired) electrons. The molecule has 6 heteroatoms. The van der Waals surface area contributed by atoms with E-state index in [-0.39, 0.29) is 6.54 Å². The van der Waals surface area contributed by atoms with Gasteiger partial charge in [0.1, 0.15) is 16.9 Å². The first-order valence-corrected chi connectivity index (χ1v) is 4.78. The summed E-state index contributed by atoms with van der Waals surface area (Å²) in [6.07, 6.45) is 0. The third-order valence-corrected chi connectivity index (χ3v) is 2.21. The molecule has 1 heterocycles. The van der Waals surface area contributed by atoms with Gasteiger partial charge in [-0.3, -0.25) is 9.59 Å². The summed E-state index contributed by atoms with van der Waals surface area (Å²) in [6.45, 7) is 4.59. The zero-order valence-electron chi connectivity index (χ0n) is 9.40. The van der Waals surface area contributed by atoms with E-state index in [1.165, 1.54) is 13.8 Å². The van der Waals surface area contributed by atoms with Crippen molar-refractivity contribution in [1.82, 2.24) is 10.5 Å². The lowest BCUT2D eigenvalue weighted by Gasteiger charge is -2.17. The number of amides is 1. The van der Waals surface area contributed by atoms with Crippen molar-refractivity contribution >= 4 is 11.9 Å². The maximum absolute atomic E-state index is 11.5. The monoisotopic (exact) mass is 226 g/mol. The highest BCUT2D eigenvalue weighted by atomic mass is 16.5. The quantitative estimate of drug-likeness (QED) is 0.737. The number of aliphatic carboxylic acids is 1. The van der Waals surface area contributed by atoms with Crippen LogP contribution in [0.25, 0.3) is 0 Å². The minimum absolute atomic E-state index is 0.160.